The van der Waals surface area contributed by atoms with Crippen LogP contribution in [0.1, 0.15) is 51.0 Å². The van der Waals surface area contributed by atoms with Gasteiger partial charge in [-0.05, 0) is 59.2 Å². The fourth-order valence-electron chi connectivity index (χ4n) is 3.39. The second-order valence-corrected chi connectivity index (χ2v) is 6.71. The summed E-state index contributed by atoms with van der Waals surface area (Å²) in [5.74, 6) is 1.43. The minimum atomic E-state index is 0.433. The Morgan fingerprint density at radius 3 is 2.87 bits per heavy atom. The summed E-state index contributed by atoms with van der Waals surface area (Å²) in [6.07, 6.45) is 4.25. The molecule has 1 atom stereocenters. The van der Waals surface area contributed by atoms with E-state index < -0.39 is 0 Å². The molecule has 0 N–H and O–H groups in total. The number of aromatic nitrogens is 4. The molecule has 1 saturated heterocycles. The molecule has 1 aliphatic heterocycles. The van der Waals surface area contributed by atoms with Gasteiger partial charge in [0.25, 0.3) is 0 Å². The molecule has 0 unspecified atom stereocenters. The Hall–Kier alpha value is -1.75. The van der Waals surface area contributed by atoms with Gasteiger partial charge in [0.1, 0.15) is 5.82 Å². The first kappa shape index (κ1) is 16.1. The Balaban J connectivity index is 1.91. The van der Waals surface area contributed by atoms with Crippen molar-refractivity contribution in [3.05, 3.63) is 29.8 Å². The Morgan fingerprint density at radius 2 is 2.13 bits per heavy atom. The van der Waals surface area contributed by atoms with Crippen LogP contribution in [0.4, 0.5) is 0 Å². The van der Waals surface area contributed by atoms with Crippen LogP contribution in [-0.2, 0) is 6.54 Å². The van der Waals surface area contributed by atoms with E-state index in [0.717, 1.165) is 36.0 Å². The minimum absolute atomic E-state index is 0.433. The van der Waals surface area contributed by atoms with Crippen LogP contribution in [0.15, 0.2) is 18.3 Å². The molecule has 0 amide bonds. The van der Waals surface area contributed by atoms with Crippen LogP contribution in [0.3, 0.4) is 0 Å². The number of aryl methyl sites for hydroxylation is 2. The summed E-state index contributed by atoms with van der Waals surface area (Å²) in [6.45, 7) is 11.8. The van der Waals surface area contributed by atoms with Crippen molar-refractivity contribution in [2.24, 2.45) is 0 Å². The first-order valence-corrected chi connectivity index (χ1v) is 8.70. The van der Waals surface area contributed by atoms with Crippen molar-refractivity contribution in [1.29, 1.82) is 0 Å². The summed E-state index contributed by atoms with van der Waals surface area (Å²) >= 11 is 0. The van der Waals surface area contributed by atoms with Gasteiger partial charge in [0.05, 0.1) is 11.4 Å². The SMILES string of the molecule is CCn1nccc1-c1cc(C)nc([C@H]2CCCN(C(C)C)C2)n1. The van der Waals surface area contributed by atoms with E-state index >= 15 is 0 Å². The molecule has 0 spiro atoms. The van der Waals surface area contributed by atoms with Gasteiger partial charge in [-0.15, -0.1) is 0 Å². The third-order valence-corrected chi connectivity index (χ3v) is 4.70. The van der Waals surface area contributed by atoms with Gasteiger partial charge in [-0.25, -0.2) is 9.97 Å². The fraction of sp³-hybridized carbons (Fsp3) is 0.611. The average Bonchev–Trinajstić information content (AvgIpc) is 3.03. The van der Waals surface area contributed by atoms with Crippen LogP contribution in [0.2, 0.25) is 0 Å². The molecule has 23 heavy (non-hydrogen) atoms. The highest BCUT2D eigenvalue weighted by atomic mass is 15.3. The van der Waals surface area contributed by atoms with Crippen LogP contribution in [-0.4, -0.2) is 43.8 Å². The second kappa shape index (κ2) is 6.79. The maximum absolute atomic E-state index is 4.90. The van der Waals surface area contributed by atoms with Crippen LogP contribution in [0, 0.1) is 6.92 Å². The van der Waals surface area contributed by atoms with E-state index in [1.165, 1.54) is 19.4 Å². The van der Waals surface area contributed by atoms with E-state index in [1.807, 2.05) is 16.9 Å². The topological polar surface area (TPSA) is 46.8 Å². The van der Waals surface area contributed by atoms with Crippen LogP contribution in [0.25, 0.3) is 11.4 Å². The Morgan fingerprint density at radius 1 is 1.30 bits per heavy atom. The molecule has 5 nitrogen and oxygen atoms in total. The molecule has 0 aliphatic carbocycles. The Kier molecular flexibility index (Phi) is 4.76. The van der Waals surface area contributed by atoms with Gasteiger partial charge in [-0.2, -0.15) is 5.10 Å². The third kappa shape index (κ3) is 3.44. The highest BCUT2D eigenvalue weighted by Crippen LogP contribution is 2.27. The molecule has 3 heterocycles. The Labute approximate surface area is 138 Å². The van der Waals surface area contributed by atoms with E-state index in [4.69, 9.17) is 9.97 Å². The molecule has 5 heteroatoms. The lowest BCUT2D eigenvalue weighted by Crippen LogP contribution is -2.39. The lowest BCUT2D eigenvalue weighted by atomic mass is 9.96. The van der Waals surface area contributed by atoms with Crippen molar-refractivity contribution < 1.29 is 0 Å². The predicted octanol–water partition coefficient (Wildman–Crippen LogP) is 3.26. The van der Waals surface area contributed by atoms with Gasteiger partial charge in [-0.1, -0.05) is 0 Å². The van der Waals surface area contributed by atoms with Gasteiger partial charge in [0.2, 0.25) is 0 Å². The van der Waals surface area contributed by atoms with Crippen molar-refractivity contribution in [2.45, 2.75) is 59.0 Å². The molecule has 2 aromatic rings. The van der Waals surface area contributed by atoms with E-state index in [9.17, 15) is 0 Å². The minimum Gasteiger partial charge on any atom is -0.300 e. The molecule has 0 saturated carbocycles. The lowest BCUT2D eigenvalue weighted by molar-refractivity contribution is 0.165. The fourth-order valence-corrected chi connectivity index (χ4v) is 3.39. The van der Waals surface area contributed by atoms with Crippen LogP contribution in [0.5, 0.6) is 0 Å². The molecule has 0 aromatic carbocycles. The van der Waals surface area contributed by atoms with Gasteiger partial charge >= 0.3 is 0 Å². The number of hydrogen-bond donors (Lipinski definition) is 0. The molecule has 0 radical (unpaired) electrons. The highest BCUT2D eigenvalue weighted by Gasteiger charge is 2.25. The van der Waals surface area contributed by atoms with Crippen molar-refractivity contribution in [2.75, 3.05) is 13.1 Å². The van der Waals surface area contributed by atoms with Crippen molar-refractivity contribution in [1.82, 2.24) is 24.6 Å². The van der Waals surface area contributed by atoms with Gasteiger partial charge < -0.3 is 4.90 Å². The van der Waals surface area contributed by atoms with E-state index in [-0.39, 0.29) is 0 Å². The molecule has 1 aliphatic rings. The number of rotatable bonds is 4. The quantitative estimate of drug-likeness (QED) is 0.869. The molecular weight excluding hydrogens is 286 g/mol. The summed E-state index contributed by atoms with van der Waals surface area (Å²) in [7, 11) is 0. The molecule has 0 bridgehead atoms. The second-order valence-electron chi connectivity index (χ2n) is 6.71. The summed E-state index contributed by atoms with van der Waals surface area (Å²) in [6, 6.07) is 4.69. The van der Waals surface area contributed by atoms with Gasteiger partial charge in [-0.3, -0.25) is 4.68 Å². The zero-order chi connectivity index (χ0) is 16.4. The first-order chi connectivity index (χ1) is 11.1. The van der Waals surface area contributed by atoms with Crippen LogP contribution >= 0.6 is 0 Å². The maximum atomic E-state index is 4.90. The zero-order valence-electron chi connectivity index (χ0n) is 14.7. The zero-order valence-corrected chi connectivity index (χ0v) is 14.7. The Bertz CT molecular complexity index is 661. The highest BCUT2D eigenvalue weighted by molar-refractivity contribution is 5.54. The molecule has 3 rings (SSSR count). The lowest BCUT2D eigenvalue weighted by Gasteiger charge is -2.34. The average molecular weight is 313 g/mol. The van der Waals surface area contributed by atoms with Crippen molar-refractivity contribution in [3.8, 4) is 11.4 Å². The molecule has 124 valence electrons. The standard InChI is InChI=1S/C18H27N5/c1-5-23-17(8-9-19-23)16-11-14(4)20-18(21-16)15-7-6-10-22(12-15)13(2)3/h8-9,11,13,15H,5-7,10,12H2,1-4H3/t15-/m0/s1. The van der Waals surface area contributed by atoms with Crippen LogP contribution < -0.4 is 0 Å². The van der Waals surface area contributed by atoms with Gasteiger partial charge in [0.15, 0.2) is 0 Å². The van der Waals surface area contributed by atoms with Crippen molar-refractivity contribution in [3.63, 3.8) is 0 Å². The number of nitrogens with zero attached hydrogens (tertiary/aromatic N) is 5. The smallest absolute Gasteiger partial charge is 0.133 e. The van der Waals surface area contributed by atoms with E-state index in [0.29, 0.717) is 12.0 Å². The third-order valence-electron chi connectivity index (χ3n) is 4.70. The summed E-state index contributed by atoms with van der Waals surface area (Å²) in [5.41, 5.74) is 3.11. The number of hydrogen-bond acceptors (Lipinski definition) is 4. The van der Waals surface area contributed by atoms with Gasteiger partial charge in [0, 0.05) is 36.9 Å². The predicted molar refractivity (Wildman–Crippen MR) is 92.3 cm³/mol. The molecular formula is C18H27N5. The molecule has 1 fully saturated rings. The number of likely N-dealkylation sites (tertiary alicyclic amines) is 1. The largest absolute Gasteiger partial charge is 0.300 e. The monoisotopic (exact) mass is 313 g/mol. The van der Waals surface area contributed by atoms with Crippen molar-refractivity contribution >= 4 is 0 Å². The summed E-state index contributed by atoms with van der Waals surface area (Å²) < 4.78 is 1.99. The summed E-state index contributed by atoms with van der Waals surface area (Å²) in [4.78, 5) is 12.2. The van der Waals surface area contributed by atoms with E-state index in [1.54, 1.807) is 0 Å². The number of piperidine rings is 1. The normalized spacial score (nSPS) is 19.4. The summed E-state index contributed by atoms with van der Waals surface area (Å²) in [5, 5.41) is 4.37. The van der Waals surface area contributed by atoms with E-state index in [2.05, 4.69) is 43.8 Å². The maximum Gasteiger partial charge on any atom is 0.133 e. The molecule has 2 aromatic heterocycles. The first-order valence-electron chi connectivity index (χ1n) is 8.70.